The van der Waals surface area contributed by atoms with Gasteiger partial charge in [0.2, 0.25) is 5.95 Å². The Balaban J connectivity index is 1.49. The van der Waals surface area contributed by atoms with Crippen LogP contribution in [0.2, 0.25) is 0 Å². The summed E-state index contributed by atoms with van der Waals surface area (Å²) < 4.78 is 6.19. The highest BCUT2D eigenvalue weighted by Gasteiger charge is 2.29. The Morgan fingerprint density at radius 1 is 1.27 bits per heavy atom. The van der Waals surface area contributed by atoms with Gasteiger partial charge in [0.25, 0.3) is 0 Å². The molecule has 0 saturated heterocycles. The maximum absolute atomic E-state index is 9.74. The normalized spacial score (nSPS) is 21.7. The van der Waals surface area contributed by atoms with Crippen molar-refractivity contribution >= 4 is 11.5 Å². The lowest BCUT2D eigenvalue weighted by Gasteiger charge is -2.22. The number of allylic oxidation sites excluding steroid dienone is 4. The first-order valence-corrected chi connectivity index (χ1v) is 10.2. The molecule has 1 saturated carbocycles. The standard InChI is InChI=1S/C24H25N5O/c1-17-15-27-24(29-23(17)19(14-25)20-10-5-6-13-26-20)28-21-11-7-12-22(21)30-16-18-8-3-2-4-9-18/h2-6,8-10,13,15,21-22,26H,7,11-12,16H2,1H3,(H,27,28,29)/b20-19-/t21-,22-/m0/s1. The molecule has 1 aliphatic carbocycles. The van der Waals surface area contributed by atoms with Crippen LogP contribution in [0.5, 0.6) is 0 Å². The fraction of sp³-hybridized carbons (Fsp3) is 0.292. The van der Waals surface area contributed by atoms with Crippen molar-refractivity contribution < 1.29 is 4.74 Å². The van der Waals surface area contributed by atoms with Crippen LogP contribution in [0.15, 0.2) is 66.7 Å². The van der Waals surface area contributed by atoms with E-state index >= 15 is 0 Å². The third-order valence-corrected chi connectivity index (χ3v) is 5.37. The van der Waals surface area contributed by atoms with Gasteiger partial charge in [-0.25, -0.2) is 9.97 Å². The van der Waals surface area contributed by atoms with Crippen LogP contribution in [-0.4, -0.2) is 22.1 Å². The summed E-state index contributed by atoms with van der Waals surface area (Å²) in [5.74, 6) is 0.527. The molecule has 2 aromatic rings. The molecule has 30 heavy (non-hydrogen) atoms. The molecule has 0 amide bonds. The lowest BCUT2D eigenvalue weighted by molar-refractivity contribution is 0.0393. The fourth-order valence-electron chi connectivity index (χ4n) is 3.79. The predicted octanol–water partition coefficient (Wildman–Crippen LogP) is 4.24. The SMILES string of the molecule is Cc1cnc(N[C@H]2CCC[C@@H]2OCc2ccccc2)nc1/C(C#N)=C1/C=CC=CN1. The van der Waals surface area contributed by atoms with Crippen LogP contribution in [0.4, 0.5) is 5.95 Å². The molecule has 0 radical (unpaired) electrons. The van der Waals surface area contributed by atoms with Crippen LogP contribution in [0, 0.1) is 18.3 Å². The first-order valence-electron chi connectivity index (χ1n) is 10.2. The first-order chi connectivity index (χ1) is 14.7. The lowest BCUT2D eigenvalue weighted by atomic mass is 10.1. The molecule has 0 spiro atoms. The molecule has 1 aromatic carbocycles. The summed E-state index contributed by atoms with van der Waals surface area (Å²) in [6.07, 6.45) is 12.4. The highest BCUT2D eigenvalue weighted by Crippen LogP contribution is 2.27. The van der Waals surface area contributed by atoms with Crippen LogP contribution < -0.4 is 10.6 Å². The summed E-state index contributed by atoms with van der Waals surface area (Å²) in [7, 11) is 0. The van der Waals surface area contributed by atoms with Crippen molar-refractivity contribution in [3.8, 4) is 6.07 Å². The van der Waals surface area contributed by atoms with Crippen molar-refractivity contribution in [2.45, 2.75) is 44.9 Å². The summed E-state index contributed by atoms with van der Waals surface area (Å²) >= 11 is 0. The second kappa shape index (κ2) is 9.38. The average Bonchev–Trinajstić information content (AvgIpc) is 3.23. The number of hydrogen-bond donors (Lipinski definition) is 2. The molecule has 2 heterocycles. The third kappa shape index (κ3) is 4.58. The van der Waals surface area contributed by atoms with Gasteiger partial charge in [-0.05, 0) is 49.5 Å². The number of nitriles is 1. The van der Waals surface area contributed by atoms with E-state index in [1.54, 1.807) is 12.4 Å². The van der Waals surface area contributed by atoms with Gasteiger partial charge in [-0.15, -0.1) is 0 Å². The molecule has 2 aliphatic rings. The molecular formula is C24H25N5O. The molecule has 1 fully saturated rings. The van der Waals surface area contributed by atoms with Gasteiger partial charge >= 0.3 is 0 Å². The molecule has 0 bridgehead atoms. The Hall–Kier alpha value is -3.43. The second-order valence-electron chi connectivity index (χ2n) is 7.51. The number of aryl methyl sites for hydroxylation is 1. The van der Waals surface area contributed by atoms with Gasteiger partial charge in [0.15, 0.2) is 0 Å². The topological polar surface area (TPSA) is 82.9 Å². The number of aromatic nitrogens is 2. The largest absolute Gasteiger partial charge is 0.371 e. The van der Waals surface area contributed by atoms with Gasteiger partial charge in [-0.3, -0.25) is 0 Å². The molecule has 0 unspecified atom stereocenters. The van der Waals surface area contributed by atoms with E-state index in [0.717, 1.165) is 30.5 Å². The average molecular weight is 399 g/mol. The number of hydrogen-bond acceptors (Lipinski definition) is 6. The molecule has 2 N–H and O–H groups in total. The summed E-state index contributed by atoms with van der Waals surface area (Å²) in [6.45, 7) is 2.51. The van der Waals surface area contributed by atoms with E-state index in [4.69, 9.17) is 4.74 Å². The monoisotopic (exact) mass is 399 g/mol. The van der Waals surface area contributed by atoms with Crippen molar-refractivity contribution in [3.05, 3.63) is 83.5 Å². The van der Waals surface area contributed by atoms with Crippen molar-refractivity contribution in [2.24, 2.45) is 0 Å². The van der Waals surface area contributed by atoms with Crippen molar-refractivity contribution in [1.82, 2.24) is 15.3 Å². The molecule has 1 aromatic heterocycles. The van der Waals surface area contributed by atoms with Crippen molar-refractivity contribution in [2.75, 3.05) is 5.32 Å². The predicted molar refractivity (Wildman–Crippen MR) is 117 cm³/mol. The van der Waals surface area contributed by atoms with E-state index in [2.05, 4.69) is 38.8 Å². The molecule has 1 aliphatic heterocycles. The Bertz CT molecular complexity index is 1020. The summed E-state index contributed by atoms with van der Waals surface area (Å²) in [5.41, 5.74) is 3.90. The number of benzene rings is 1. The quantitative estimate of drug-likeness (QED) is 0.707. The van der Waals surface area contributed by atoms with Crippen molar-refractivity contribution in [3.63, 3.8) is 0 Å². The van der Waals surface area contributed by atoms with Gasteiger partial charge in [-0.2, -0.15) is 5.26 Å². The van der Waals surface area contributed by atoms with Gasteiger partial charge in [0.1, 0.15) is 11.6 Å². The van der Waals surface area contributed by atoms with Crippen LogP contribution in [-0.2, 0) is 11.3 Å². The number of nitrogens with one attached hydrogen (secondary N) is 2. The minimum Gasteiger partial charge on any atom is -0.371 e. The second-order valence-corrected chi connectivity index (χ2v) is 7.51. The Labute approximate surface area is 177 Å². The molecular weight excluding hydrogens is 374 g/mol. The smallest absolute Gasteiger partial charge is 0.223 e. The number of ether oxygens (including phenoxy) is 1. The van der Waals surface area contributed by atoms with Gasteiger partial charge in [0, 0.05) is 12.4 Å². The molecule has 6 nitrogen and oxygen atoms in total. The van der Waals surface area contributed by atoms with E-state index in [1.807, 2.05) is 43.4 Å². The molecule has 6 heteroatoms. The number of rotatable bonds is 6. The Kier molecular flexibility index (Phi) is 6.21. The van der Waals surface area contributed by atoms with E-state index in [0.29, 0.717) is 23.8 Å². The highest BCUT2D eigenvalue weighted by atomic mass is 16.5. The van der Waals surface area contributed by atoms with Gasteiger partial charge in [0.05, 0.1) is 30.1 Å². The third-order valence-electron chi connectivity index (χ3n) is 5.37. The van der Waals surface area contributed by atoms with Crippen LogP contribution in [0.1, 0.15) is 36.1 Å². The van der Waals surface area contributed by atoms with E-state index in [-0.39, 0.29) is 12.1 Å². The fourth-order valence-corrected chi connectivity index (χ4v) is 3.79. The Morgan fingerprint density at radius 3 is 2.90 bits per heavy atom. The summed E-state index contributed by atoms with van der Waals surface area (Å²) in [6, 6.07) is 12.7. The number of anilines is 1. The maximum Gasteiger partial charge on any atom is 0.223 e. The summed E-state index contributed by atoms with van der Waals surface area (Å²) in [5, 5.41) is 16.3. The number of dihydropyridines is 1. The minimum absolute atomic E-state index is 0.112. The minimum atomic E-state index is 0.112. The van der Waals surface area contributed by atoms with E-state index in [9.17, 15) is 5.26 Å². The summed E-state index contributed by atoms with van der Waals surface area (Å²) in [4.78, 5) is 9.13. The maximum atomic E-state index is 9.74. The van der Waals surface area contributed by atoms with Gasteiger partial charge in [-0.1, -0.05) is 36.4 Å². The Morgan fingerprint density at radius 2 is 2.13 bits per heavy atom. The van der Waals surface area contributed by atoms with Crippen LogP contribution >= 0.6 is 0 Å². The first kappa shape index (κ1) is 19.9. The van der Waals surface area contributed by atoms with Gasteiger partial charge < -0.3 is 15.4 Å². The highest BCUT2D eigenvalue weighted by molar-refractivity contribution is 5.80. The lowest BCUT2D eigenvalue weighted by Crippen LogP contribution is -2.31. The van der Waals surface area contributed by atoms with E-state index in [1.165, 1.54) is 5.56 Å². The zero-order valence-electron chi connectivity index (χ0n) is 17.0. The number of nitrogens with zero attached hydrogens (tertiary/aromatic N) is 3. The van der Waals surface area contributed by atoms with Crippen LogP contribution in [0.25, 0.3) is 5.57 Å². The zero-order chi connectivity index (χ0) is 20.8. The van der Waals surface area contributed by atoms with Crippen molar-refractivity contribution in [1.29, 1.82) is 5.26 Å². The molecule has 2 atom stereocenters. The molecule has 4 rings (SSSR count). The van der Waals surface area contributed by atoms with Crippen LogP contribution in [0.3, 0.4) is 0 Å². The van der Waals surface area contributed by atoms with E-state index < -0.39 is 0 Å². The molecule has 152 valence electrons. The zero-order valence-corrected chi connectivity index (χ0v) is 17.0.